The highest BCUT2D eigenvalue weighted by Gasteiger charge is 2.75. The van der Waals surface area contributed by atoms with E-state index in [2.05, 4.69) is 10.3 Å². The first kappa shape index (κ1) is 29.5. The molecule has 41 heavy (non-hydrogen) atoms. The lowest BCUT2D eigenvalue weighted by molar-refractivity contribution is -0.151. The molecule has 0 spiro atoms. The number of benzene rings is 2. The van der Waals surface area contributed by atoms with Crippen molar-refractivity contribution in [3.05, 3.63) is 64.7 Å². The predicted octanol–water partition coefficient (Wildman–Crippen LogP) is 5.78. The van der Waals surface area contributed by atoms with Crippen LogP contribution in [0, 0.1) is 16.7 Å². The summed E-state index contributed by atoms with van der Waals surface area (Å²) in [5.41, 5.74) is -0.982. The number of nitrogens with zero attached hydrogens (tertiary/aromatic N) is 3. The summed E-state index contributed by atoms with van der Waals surface area (Å²) < 4.78 is 67.1. The molecule has 6 rings (SSSR count). The number of nitriles is 1. The third-order valence-corrected chi connectivity index (χ3v) is 10.7. The third kappa shape index (κ3) is 5.38. The second-order valence-corrected chi connectivity index (χ2v) is 14.2. The third-order valence-electron chi connectivity index (χ3n) is 8.41. The van der Waals surface area contributed by atoms with Crippen LogP contribution in [-0.4, -0.2) is 47.6 Å². The maximum Gasteiger partial charge on any atom is 0.389 e. The molecule has 0 unspecified atom stereocenters. The number of hydrogen-bond acceptors (Lipinski definition) is 6. The molecule has 0 saturated heterocycles. The zero-order valence-electron chi connectivity index (χ0n) is 22.6. The standard InChI is InChI=1S/C29H30ClF3N4O3S/c1-26(2)24(23(38)9-6-12-29(31,32)33)35-25(36-26)27-16-28(17-27,18-27)37(41(39,40)21-7-4-3-5-8-21)15-19-10-11-22(30)20(13-19)14-34/h3-5,7-8,10-11,13,24H,6,9,12,15-18H2,1-2H3,(H,35,36)/t24-,27?,28?/m0/s1. The van der Waals surface area contributed by atoms with E-state index in [1.54, 1.807) is 62.4 Å². The summed E-state index contributed by atoms with van der Waals surface area (Å²) in [6.07, 6.45) is -4.36. The van der Waals surface area contributed by atoms with Crippen molar-refractivity contribution in [2.75, 3.05) is 0 Å². The number of amidine groups is 1. The molecule has 3 fully saturated rings. The summed E-state index contributed by atoms with van der Waals surface area (Å²) in [5.74, 6) is 0.279. The van der Waals surface area contributed by atoms with E-state index < -0.39 is 45.2 Å². The van der Waals surface area contributed by atoms with Crippen LogP contribution in [0.25, 0.3) is 0 Å². The van der Waals surface area contributed by atoms with Crippen molar-refractivity contribution in [2.24, 2.45) is 10.4 Å². The van der Waals surface area contributed by atoms with Crippen LogP contribution in [0.5, 0.6) is 0 Å². The Balaban J connectivity index is 1.38. The van der Waals surface area contributed by atoms with Gasteiger partial charge in [0.25, 0.3) is 0 Å². The number of ketones is 1. The Labute approximate surface area is 242 Å². The normalized spacial score (nSPS) is 26.4. The molecule has 0 radical (unpaired) electrons. The summed E-state index contributed by atoms with van der Waals surface area (Å²) in [6.45, 7) is 3.65. The number of rotatable bonds is 10. The van der Waals surface area contributed by atoms with Crippen molar-refractivity contribution in [3.8, 4) is 6.07 Å². The lowest BCUT2D eigenvalue weighted by Crippen LogP contribution is -2.78. The van der Waals surface area contributed by atoms with Crippen molar-refractivity contribution >= 4 is 33.2 Å². The summed E-state index contributed by atoms with van der Waals surface area (Å²) in [7, 11) is -3.92. The van der Waals surface area contributed by atoms with Gasteiger partial charge in [0.05, 0.1) is 21.0 Å². The van der Waals surface area contributed by atoms with Gasteiger partial charge in [0, 0.05) is 30.3 Å². The Morgan fingerprint density at radius 1 is 1.17 bits per heavy atom. The zero-order chi connectivity index (χ0) is 29.8. The quantitative estimate of drug-likeness (QED) is 0.370. The molecule has 1 atom stereocenters. The van der Waals surface area contributed by atoms with Crippen LogP contribution < -0.4 is 5.32 Å². The average molecular weight is 607 g/mol. The van der Waals surface area contributed by atoms with Crippen LogP contribution in [0.3, 0.4) is 0 Å². The van der Waals surface area contributed by atoms with Gasteiger partial charge in [-0.2, -0.15) is 22.7 Å². The number of alkyl halides is 3. The second kappa shape index (κ2) is 10.1. The molecule has 0 amide bonds. The van der Waals surface area contributed by atoms with Gasteiger partial charge in [0.15, 0.2) is 5.78 Å². The van der Waals surface area contributed by atoms with Crippen LogP contribution in [0.15, 0.2) is 58.4 Å². The summed E-state index contributed by atoms with van der Waals surface area (Å²) in [6, 6.07) is 14.3. The first-order valence-corrected chi connectivity index (χ1v) is 15.2. The summed E-state index contributed by atoms with van der Waals surface area (Å²) in [5, 5.41) is 13.0. The first-order chi connectivity index (χ1) is 19.1. The minimum absolute atomic E-state index is 0.0465. The molecule has 0 aromatic heterocycles. The topological polar surface area (TPSA) is 103 Å². The molecule has 7 nitrogen and oxygen atoms in total. The molecule has 218 valence electrons. The monoisotopic (exact) mass is 606 g/mol. The average Bonchev–Trinajstić information content (AvgIpc) is 3.17. The highest BCUT2D eigenvalue weighted by atomic mass is 35.5. The summed E-state index contributed by atoms with van der Waals surface area (Å²) in [4.78, 5) is 17.7. The van der Waals surface area contributed by atoms with Crippen LogP contribution in [0.4, 0.5) is 13.2 Å². The molecular weight excluding hydrogens is 577 g/mol. The fourth-order valence-corrected chi connectivity index (χ4v) is 8.38. The van der Waals surface area contributed by atoms with Crippen molar-refractivity contribution < 1.29 is 26.4 Å². The Bertz CT molecular complexity index is 1530. The largest absolute Gasteiger partial charge is 0.389 e. The molecule has 2 aromatic carbocycles. The maximum absolute atomic E-state index is 13.9. The minimum Gasteiger partial charge on any atom is -0.366 e. The van der Waals surface area contributed by atoms with Crippen LogP contribution in [0.1, 0.15) is 63.5 Å². The lowest BCUT2D eigenvalue weighted by atomic mass is 9.38. The molecule has 2 bridgehead atoms. The Morgan fingerprint density at radius 2 is 1.83 bits per heavy atom. The van der Waals surface area contributed by atoms with Gasteiger partial charge in [-0.25, -0.2) is 8.42 Å². The smallest absolute Gasteiger partial charge is 0.366 e. The molecule has 3 aliphatic carbocycles. The SMILES string of the molecule is CC1(C)NC(C23CC(N(Cc4ccc(Cl)c(C#N)c4)S(=O)(=O)c4ccccc4)(C2)C3)=N[C@H]1C(=O)CCCC(F)(F)F. The molecular formula is C29H30ClF3N4O3S. The summed E-state index contributed by atoms with van der Waals surface area (Å²) >= 11 is 6.10. The van der Waals surface area contributed by atoms with Gasteiger partial charge >= 0.3 is 6.18 Å². The van der Waals surface area contributed by atoms with Gasteiger partial charge in [-0.05, 0) is 69.4 Å². The van der Waals surface area contributed by atoms with Gasteiger partial charge in [-0.15, -0.1) is 0 Å². The maximum atomic E-state index is 13.9. The number of carbonyl (C=O) groups is 1. The van der Waals surface area contributed by atoms with Crippen LogP contribution in [0.2, 0.25) is 5.02 Å². The van der Waals surface area contributed by atoms with Crippen molar-refractivity contribution in [3.63, 3.8) is 0 Å². The first-order valence-electron chi connectivity index (χ1n) is 13.3. The van der Waals surface area contributed by atoms with E-state index in [0.717, 1.165) is 0 Å². The van der Waals surface area contributed by atoms with Crippen LogP contribution >= 0.6 is 11.6 Å². The van der Waals surface area contributed by atoms with Gasteiger partial charge in [0.1, 0.15) is 17.9 Å². The Morgan fingerprint density at radius 3 is 2.44 bits per heavy atom. The zero-order valence-corrected chi connectivity index (χ0v) is 24.2. The van der Waals surface area contributed by atoms with Gasteiger partial charge in [0.2, 0.25) is 10.0 Å². The molecule has 4 aliphatic rings. The fourth-order valence-electron chi connectivity index (χ4n) is 6.44. The predicted molar refractivity (Wildman–Crippen MR) is 148 cm³/mol. The molecule has 3 saturated carbocycles. The number of hydrogen-bond donors (Lipinski definition) is 1. The minimum atomic E-state index is -4.31. The number of aliphatic imine (C=N–C) groups is 1. The van der Waals surface area contributed by atoms with Gasteiger partial charge in [-0.1, -0.05) is 35.9 Å². The second-order valence-electron chi connectivity index (χ2n) is 11.9. The number of sulfonamides is 1. The van der Waals surface area contributed by atoms with Gasteiger partial charge < -0.3 is 5.32 Å². The van der Waals surface area contributed by atoms with Crippen LogP contribution in [-0.2, 0) is 21.4 Å². The van der Waals surface area contributed by atoms with Crippen molar-refractivity contribution in [2.45, 2.75) is 87.1 Å². The highest BCUT2D eigenvalue weighted by molar-refractivity contribution is 7.89. The van der Waals surface area contributed by atoms with Crippen molar-refractivity contribution in [1.82, 2.24) is 9.62 Å². The molecule has 1 aliphatic heterocycles. The van der Waals surface area contributed by atoms with E-state index in [1.165, 1.54) is 4.31 Å². The van der Waals surface area contributed by atoms with E-state index >= 15 is 0 Å². The number of carbonyl (C=O) groups excluding carboxylic acids is 1. The number of halogens is 4. The number of nitrogens with one attached hydrogen (secondary N) is 1. The molecule has 1 heterocycles. The van der Waals surface area contributed by atoms with E-state index in [-0.39, 0.29) is 40.7 Å². The molecule has 1 N–H and O–H groups in total. The lowest BCUT2D eigenvalue weighted by Gasteiger charge is -2.73. The molecule has 12 heteroatoms. The van der Waals surface area contributed by atoms with E-state index in [9.17, 15) is 31.6 Å². The van der Waals surface area contributed by atoms with E-state index in [1.807, 2.05) is 6.07 Å². The molecule has 2 aromatic rings. The Kier molecular flexibility index (Phi) is 7.28. The van der Waals surface area contributed by atoms with Gasteiger partial charge in [-0.3, -0.25) is 9.79 Å². The van der Waals surface area contributed by atoms with Crippen molar-refractivity contribution in [1.29, 1.82) is 5.26 Å². The highest BCUT2D eigenvalue weighted by Crippen LogP contribution is 2.71. The number of Topliss-reactive ketones (excluding diaryl/α,β-unsaturated/α-hetero) is 1. The van der Waals surface area contributed by atoms with E-state index in [4.69, 9.17) is 11.6 Å². The Hall–Kier alpha value is -2.94. The fraction of sp³-hybridized carbons (Fsp3) is 0.483. The van der Waals surface area contributed by atoms with E-state index in [0.29, 0.717) is 30.7 Å².